The predicted molar refractivity (Wildman–Crippen MR) is 87.7 cm³/mol. The highest BCUT2D eigenvalue weighted by molar-refractivity contribution is 6.30. The standard InChI is InChI=1S/C17H13ClFN3O2/c1-10-15(17(23)24)22(9-11-4-5-14(19)13(18)7-11)16(21-10)12-3-2-6-20-8-12/h2-8H,9H2,1H3,(H,23,24). The lowest BCUT2D eigenvalue weighted by molar-refractivity contribution is 0.0685. The average molecular weight is 346 g/mol. The zero-order valence-electron chi connectivity index (χ0n) is 12.7. The fraction of sp³-hybridized carbons (Fsp3) is 0.118. The molecule has 24 heavy (non-hydrogen) atoms. The number of pyridine rings is 1. The van der Waals surface area contributed by atoms with Gasteiger partial charge in [0.15, 0.2) is 5.69 Å². The molecule has 5 nitrogen and oxygen atoms in total. The Morgan fingerprint density at radius 3 is 2.79 bits per heavy atom. The number of benzene rings is 1. The normalized spacial score (nSPS) is 10.8. The van der Waals surface area contributed by atoms with Crippen LogP contribution >= 0.6 is 11.6 Å². The third-order valence-electron chi connectivity index (χ3n) is 3.59. The molecule has 0 saturated carbocycles. The quantitative estimate of drug-likeness (QED) is 0.781. The summed E-state index contributed by atoms with van der Waals surface area (Å²) in [6.07, 6.45) is 3.24. The van der Waals surface area contributed by atoms with Gasteiger partial charge in [0.05, 0.1) is 10.7 Å². The second-order valence-corrected chi connectivity index (χ2v) is 5.66. The second kappa shape index (κ2) is 6.41. The summed E-state index contributed by atoms with van der Waals surface area (Å²) in [6.45, 7) is 1.84. The van der Waals surface area contributed by atoms with E-state index in [4.69, 9.17) is 11.6 Å². The molecule has 122 valence electrons. The van der Waals surface area contributed by atoms with Gasteiger partial charge in [0.25, 0.3) is 0 Å². The minimum absolute atomic E-state index is 0.0101. The number of aromatic carboxylic acids is 1. The average Bonchev–Trinajstić information content (AvgIpc) is 2.88. The number of aryl methyl sites for hydroxylation is 1. The van der Waals surface area contributed by atoms with Crippen molar-refractivity contribution in [1.82, 2.24) is 14.5 Å². The van der Waals surface area contributed by atoms with E-state index in [2.05, 4.69) is 9.97 Å². The fourth-order valence-corrected chi connectivity index (χ4v) is 2.74. The lowest BCUT2D eigenvalue weighted by Gasteiger charge is -2.11. The van der Waals surface area contributed by atoms with E-state index in [9.17, 15) is 14.3 Å². The van der Waals surface area contributed by atoms with Crippen LogP contribution in [-0.2, 0) is 6.54 Å². The Balaban J connectivity index is 2.13. The van der Waals surface area contributed by atoms with Gasteiger partial charge in [0.2, 0.25) is 0 Å². The van der Waals surface area contributed by atoms with E-state index in [0.717, 1.165) is 0 Å². The van der Waals surface area contributed by atoms with E-state index < -0.39 is 11.8 Å². The molecular weight excluding hydrogens is 333 g/mol. The molecular formula is C17H13ClFN3O2. The van der Waals surface area contributed by atoms with Crippen LogP contribution in [0.4, 0.5) is 4.39 Å². The Hall–Kier alpha value is -2.73. The molecule has 0 aliphatic heterocycles. The molecule has 0 radical (unpaired) electrons. The number of nitrogens with zero attached hydrogens (tertiary/aromatic N) is 3. The summed E-state index contributed by atoms with van der Waals surface area (Å²) < 4.78 is 14.9. The van der Waals surface area contributed by atoms with Gasteiger partial charge in [0.1, 0.15) is 11.6 Å². The number of aromatic nitrogens is 3. The van der Waals surface area contributed by atoms with Crippen LogP contribution < -0.4 is 0 Å². The summed E-state index contributed by atoms with van der Waals surface area (Å²) in [4.78, 5) is 20.1. The number of imidazole rings is 1. The Morgan fingerprint density at radius 1 is 1.38 bits per heavy atom. The third kappa shape index (κ3) is 3.00. The highest BCUT2D eigenvalue weighted by Gasteiger charge is 2.21. The maximum Gasteiger partial charge on any atom is 0.354 e. The van der Waals surface area contributed by atoms with E-state index in [0.29, 0.717) is 22.6 Å². The summed E-state index contributed by atoms with van der Waals surface area (Å²) in [6, 6.07) is 7.85. The number of hydrogen-bond donors (Lipinski definition) is 1. The summed E-state index contributed by atoms with van der Waals surface area (Å²) in [5.41, 5.74) is 1.84. The highest BCUT2D eigenvalue weighted by Crippen LogP contribution is 2.24. The number of carbonyl (C=O) groups is 1. The zero-order chi connectivity index (χ0) is 17.3. The molecule has 0 aliphatic carbocycles. The van der Waals surface area contributed by atoms with E-state index in [1.165, 1.54) is 12.1 Å². The van der Waals surface area contributed by atoms with E-state index >= 15 is 0 Å². The topological polar surface area (TPSA) is 68.0 Å². The number of hydrogen-bond acceptors (Lipinski definition) is 3. The van der Waals surface area contributed by atoms with Crippen LogP contribution in [0, 0.1) is 12.7 Å². The van der Waals surface area contributed by atoms with Gasteiger partial charge in [0, 0.05) is 24.5 Å². The maximum atomic E-state index is 13.3. The molecule has 3 rings (SSSR count). The molecule has 3 aromatic rings. The number of rotatable bonds is 4. The van der Waals surface area contributed by atoms with Crippen LogP contribution in [0.1, 0.15) is 21.7 Å². The van der Waals surface area contributed by atoms with Crippen LogP contribution in [-0.4, -0.2) is 25.6 Å². The smallest absolute Gasteiger partial charge is 0.354 e. The van der Waals surface area contributed by atoms with Gasteiger partial charge in [-0.2, -0.15) is 0 Å². The van der Waals surface area contributed by atoms with Crippen LogP contribution in [0.3, 0.4) is 0 Å². The molecule has 2 aromatic heterocycles. The Kier molecular flexibility index (Phi) is 4.31. The van der Waals surface area contributed by atoms with Gasteiger partial charge in [-0.1, -0.05) is 17.7 Å². The van der Waals surface area contributed by atoms with Crippen molar-refractivity contribution in [3.05, 3.63) is 70.5 Å². The Morgan fingerprint density at radius 2 is 2.17 bits per heavy atom. The van der Waals surface area contributed by atoms with Crippen molar-refractivity contribution in [3.63, 3.8) is 0 Å². The van der Waals surface area contributed by atoms with E-state index in [-0.39, 0.29) is 17.3 Å². The van der Waals surface area contributed by atoms with Crippen molar-refractivity contribution >= 4 is 17.6 Å². The molecule has 1 N–H and O–H groups in total. The summed E-state index contributed by atoms with van der Waals surface area (Å²) in [5.74, 6) is -1.12. The SMILES string of the molecule is Cc1nc(-c2cccnc2)n(Cc2ccc(F)c(Cl)c2)c1C(=O)O. The first-order valence-electron chi connectivity index (χ1n) is 7.12. The van der Waals surface area contributed by atoms with Gasteiger partial charge < -0.3 is 9.67 Å². The van der Waals surface area contributed by atoms with Crippen molar-refractivity contribution in [1.29, 1.82) is 0 Å². The van der Waals surface area contributed by atoms with Gasteiger partial charge in [-0.05, 0) is 36.8 Å². The molecule has 7 heteroatoms. The molecule has 0 unspecified atom stereocenters. The molecule has 0 saturated heterocycles. The van der Waals surface area contributed by atoms with Gasteiger partial charge >= 0.3 is 5.97 Å². The first-order valence-corrected chi connectivity index (χ1v) is 7.50. The monoisotopic (exact) mass is 345 g/mol. The van der Waals surface area contributed by atoms with Gasteiger partial charge in [-0.3, -0.25) is 4.98 Å². The van der Waals surface area contributed by atoms with E-state index in [1.54, 1.807) is 42.1 Å². The number of carboxylic acid groups (broad SMARTS) is 1. The molecule has 0 fully saturated rings. The number of carboxylic acids is 1. The molecule has 0 spiro atoms. The van der Waals surface area contributed by atoms with Crippen LogP contribution in [0.25, 0.3) is 11.4 Å². The first-order chi connectivity index (χ1) is 11.5. The van der Waals surface area contributed by atoms with Crippen molar-refractivity contribution < 1.29 is 14.3 Å². The minimum Gasteiger partial charge on any atom is -0.477 e. The third-order valence-corrected chi connectivity index (χ3v) is 3.88. The molecule has 1 aromatic carbocycles. The molecule has 2 heterocycles. The van der Waals surface area contributed by atoms with Gasteiger partial charge in [-0.25, -0.2) is 14.2 Å². The Bertz CT molecular complexity index is 910. The fourth-order valence-electron chi connectivity index (χ4n) is 2.53. The predicted octanol–water partition coefficient (Wildman–Crippen LogP) is 3.79. The molecule has 0 aliphatic rings. The number of halogens is 2. The van der Waals surface area contributed by atoms with E-state index in [1.807, 2.05) is 0 Å². The summed E-state index contributed by atoms with van der Waals surface area (Å²) in [7, 11) is 0. The first kappa shape index (κ1) is 16.1. The molecule has 0 bridgehead atoms. The second-order valence-electron chi connectivity index (χ2n) is 5.25. The Labute approximate surface area is 142 Å². The highest BCUT2D eigenvalue weighted by atomic mass is 35.5. The molecule has 0 atom stereocenters. The van der Waals surface area contributed by atoms with Crippen molar-refractivity contribution in [2.75, 3.05) is 0 Å². The lowest BCUT2D eigenvalue weighted by atomic mass is 10.2. The largest absolute Gasteiger partial charge is 0.477 e. The lowest BCUT2D eigenvalue weighted by Crippen LogP contribution is -2.12. The molecule has 0 amide bonds. The van der Waals surface area contributed by atoms with Crippen molar-refractivity contribution in [2.24, 2.45) is 0 Å². The minimum atomic E-state index is -1.08. The zero-order valence-corrected chi connectivity index (χ0v) is 13.5. The van der Waals surface area contributed by atoms with Crippen molar-refractivity contribution in [2.45, 2.75) is 13.5 Å². The van der Waals surface area contributed by atoms with Crippen molar-refractivity contribution in [3.8, 4) is 11.4 Å². The van der Waals surface area contributed by atoms with Gasteiger partial charge in [-0.15, -0.1) is 0 Å². The van der Waals surface area contributed by atoms with Crippen LogP contribution in [0.15, 0.2) is 42.7 Å². The maximum absolute atomic E-state index is 13.3. The van der Waals surface area contributed by atoms with Crippen LogP contribution in [0.5, 0.6) is 0 Å². The summed E-state index contributed by atoms with van der Waals surface area (Å²) >= 11 is 5.82. The summed E-state index contributed by atoms with van der Waals surface area (Å²) in [5, 5.41) is 9.51. The van der Waals surface area contributed by atoms with Crippen LogP contribution in [0.2, 0.25) is 5.02 Å².